The van der Waals surface area contributed by atoms with Crippen molar-refractivity contribution in [1.82, 2.24) is 0 Å². The zero-order valence-corrected chi connectivity index (χ0v) is 12.7. The third kappa shape index (κ3) is 3.54. The van der Waals surface area contributed by atoms with Crippen LogP contribution in [-0.4, -0.2) is 13.1 Å². The van der Waals surface area contributed by atoms with Gasteiger partial charge in [0, 0.05) is 22.3 Å². The summed E-state index contributed by atoms with van der Waals surface area (Å²) in [7, 11) is 2.15. The quantitative estimate of drug-likeness (QED) is 0.672. The molecule has 0 aliphatic rings. The lowest BCUT2D eigenvalue weighted by Gasteiger charge is -2.29. The highest BCUT2D eigenvalue weighted by Crippen LogP contribution is 2.26. The molecule has 0 saturated carbocycles. The van der Waals surface area contributed by atoms with Gasteiger partial charge in [0.25, 0.3) is 0 Å². The Labute approximate surface area is 112 Å². The van der Waals surface area contributed by atoms with E-state index in [0.717, 1.165) is 11.6 Å². The molecule has 0 aromatic heterocycles. The smallest absolute Gasteiger partial charge is 0.0503 e. The Hall–Kier alpha value is -0.450. The Morgan fingerprint density at radius 3 is 2.44 bits per heavy atom. The number of hydrogen-bond donors (Lipinski definition) is 1. The molecule has 1 aromatic rings. The standard InChI is InChI=1S/C13H21IN2/c1-9(2)7-10(3)16(4)13-6-5-11(15)8-12(13)14/h5-6,8-10H,7,15H2,1-4H3. The Morgan fingerprint density at radius 2 is 1.94 bits per heavy atom. The lowest BCUT2D eigenvalue weighted by atomic mass is 10.0. The lowest BCUT2D eigenvalue weighted by Crippen LogP contribution is -2.30. The third-order valence-electron chi connectivity index (χ3n) is 2.83. The van der Waals surface area contributed by atoms with E-state index >= 15 is 0 Å². The summed E-state index contributed by atoms with van der Waals surface area (Å²) in [4.78, 5) is 2.33. The van der Waals surface area contributed by atoms with Crippen molar-refractivity contribution < 1.29 is 0 Å². The summed E-state index contributed by atoms with van der Waals surface area (Å²) in [6, 6.07) is 6.65. The van der Waals surface area contributed by atoms with Gasteiger partial charge in [0.05, 0.1) is 5.69 Å². The van der Waals surface area contributed by atoms with Crippen molar-refractivity contribution in [2.75, 3.05) is 17.7 Å². The maximum absolute atomic E-state index is 5.76. The average Bonchev–Trinajstić information content (AvgIpc) is 2.15. The molecule has 0 radical (unpaired) electrons. The molecule has 0 saturated heterocycles. The van der Waals surface area contributed by atoms with E-state index in [0.29, 0.717) is 6.04 Å². The molecule has 0 bridgehead atoms. The van der Waals surface area contributed by atoms with E-state index in [1.54, 1.807) is 0 Å². The van der Waals surface area contributed by atoms with Gasteiger partial charge in [-0.3, -0.25) is 0 Å². The molecule has 90 valence electrons. The number of rotatable bonds is 4. The summed E-state index contributed by atoms with van der Waals surface area (Å²) >= 11 is 2.35. The maximum Gasteiger partial charge on any atom is 0.0503 e. The summed E-state index contributed by atoms with van der Waals surface area (Å²) < 4.78 is 1.22. The zero-order chi connectivity index (χ0) is 12.3. The number of halogens is 1. The summed E-state index contributed by atoms with van der Waals surface area (Å²) in [6.45, 7) is 6.79. The summed E-state index contributed by atoms with van der Waals surface area (Å²) in [5.74, 6) is 0.726. The molecule has 1 unspecified atom stereocenters. The van der Waals surface area contributed by atoms with Crippen molar-refractivity contribution in [3.05, 3.63) is 21.8 Å². The van der Waals surface area contributed by atoms with Gasteiger partial charge in [0.1, 0.15) is 0 Å². The summed E-state index contributed by atoms with van der Waals surface area (Å²) in [5, 5.41) is 0. The zero-order valence-electron chi connectivity index (χ0n) is 10.5. The number of hydrogen-bond acceptors (Lipinski definition) is 2. The number of nitrogens with two attached hydrogens (primary N) is 1. The normalized spacial score (nSPS) is 12.9. The average molecular weight is 332 g/mol. The lowest BCUT2D eigenvalue weighted by molar-refractivity contribution is 0.504. The minimum Gasteiger partial charge on any atom is -0.399 e. The number of benzene rings is 1. The van der Waals surface area contributed by atoms with Crippen LogP contribution >= 0.6 is 22.6 Å². The molecule has 2 N–H and O–H groups in total. The van der Waals surface area contributed by atoms with Crippen LogP contribution in [0.4, 0.5) is 11.4 Å². The summed E-state index contributed by atoms with van der Waals surface area (Å²) in [5.41, 5.74) is 7.86. The van der Waals surface area contributed by atoms with Crippen LogP contribution in [0.2, 0.25) is 0 Å². The highest BCUT2D eigenvalue weighted by molar-refractivity contribution is 14.1. The van der Waals surface area contributed by atoms with Crippen molar-refractivity contribution in [1.29, 1.82) is 0 Å². The van der Waals surface area contributed by atoms with Crippen LogP contribution in [0.25, 0.3) is 0 Å². The number of anilines is 2. The van der Waals surface area contributed by atoms with Gasteiger partial charge in [-0.15, -0.1) is 0 Å². The molecule has 16 heavy (non-hydrogen) atoms. The molecule has 0 aliphatic carbocycles. The Bertz CT molecular complexity index is 350. The SMILES string of the molecule is CC(C)CC(C)N(C)c1ccc(N)cc1I. The molecule has 0 aliphatic heterocycles. The van der Waals surface area contributed by atoms with Crippen molar-refractivity contribution in [2.24, 2.45) is 5.92 Å². The van der Waals surface area contributed by atoms with E-state index in [-0.39, 0.29) is 0 Å². The predicted octanol–water partition coefficient (Wildman–Crippen LogP) is 3.74. The van der Waals surface area contributed by atoms with Gasteiger partial charge in [-0.25, -0.2) is 0 Å². The van der Waals surface area contributed by atoms with Crippen molar-refractivity contribution in [3.8, 4) is 0 Å². The molecule has 1 rings (SSSR count). The van der Waals surface area contributed by atoms with Gasteiger partial charge >= 0.3 is 0 Å². The number of nitrogen functional groups attached to an aromatic ring is 1. The second-order valence-electron chi connectivity index (χ2n) is 4.80. The van der Waals surface area contributed by atoms with Gasteiger partial charge in [0.15, 0.2) is 0 Å². The Kier molecular flexibility index (Phi) is 4.89. The highest BCUT2D eigenvalue weighted by atomic mass is 127. The molecule has 2 nitrogen and oxygen atoms in total. The van der Waals surface area contributed by atoms with Crippen LogP contribution in [0.1, 0.15) is 27.2 Å². The molecule has 0 spiro atoms. The van der Waals surface area contributed by atoms with E-state index in [2.05, 4.69) is 61.4 Å². The first-order chi connectivity index (χ1) is 7.41. The molecular weight excluding hydrogens is 311 g/mol. The minimum absolute atomic E-state index is 0.553. The van der Waals surface area contributed by atoms with Crippen LogP contribution in [-0.2, 0) is 0 Å². The third-order valence-corrected chi connectivity index (χ3v) is 3.69. The molecular formula is C13H21IN2. The fraction of sp³-hybridized carbons (Fsp3) is 0.538. The maximum atomic E-state index is 5.76. The van der Waals surface area contributed by atoms with Gasteiger partial charge in [-0.05, 0) is 60.1 Å². The molecule has 1 atom stereocenters. The first kappa shape index (κ1) is 13.6. The molecule has 0 heterocycles. The predicted molar refractivity (Wildman–Crippen MR) is 80.9 cm³/mol. The van der Waals surface area contributed by atoms with Crippen molar-refractivity contribution in [3.63, 3.8) is 0 Å². The molecule has 0 fully saturated rings. The molecule has 3 heteroatoms. The van der Waals surface area contributed by atoms with Gasteiger partial charge in [-0.2, -0.15) is 0 Å². The highest BCUT2D eigenvalue weighted by Gasteiger charge is 2.13. The van der Waals surface area contributed by atoms with Gasteiger partial charge < -0.3 is 10.6 Å². The van der Waals surface area contributed by atoms with Crippen LogP contribution in [0.3, 0.4) is 0 Å². The van der Waals surface area contributed by atoms with E-state index in [9.17, 15) is 0 Å². The number of nitrogens with zero attached hydrogens (tertiary/aromatic N) is 1. The second-order valence-corrected chi connectivity index (χ2v) is 5.96. The van der Waals surface area contributed by atoms with Crippen LogP contribution in [0.5, 0.6) is 0 Å². The first-order valence-corrected chi connectivity index (χ1v) is 6.77. The second kappa shape index (κ2) is 5.75. The van der Waals surface area contributed by atoms with Gasteiger partial charge in [0.2, 0.25) is 0 Å². The van der Waals surface area contributed by atoms with E-state index in [1.807, 2.05) is 12.1 Å². The Balaban J connectivity index is 2.83. The van der Waals surface area contributed by atoms with Gasteiger partial charge in [-0.1, -0.05) is 13.8 Å². The first-order valence-electron chi connectivity index (χ1n) is 5.69. The van der Waals surface area contributed by atoms with Crippen molar-refractivity contribution >= 4 is 34.0 Å². The Morgan fingerprint density at radius 1 is 1.31 bits per heavy atom. The van der Waals surface area contributed by atoms with E-state index in [4.69, 9.17) is 5.73 Å². The largest absolute Gasteiger partial charge is 0.399 e. The fourth-order valence-electron chi connectivity index (χ4n) is 1.89. The van der Waals surface area contributed by atoms with Crippen molar-refractivity contribution in [2.45, 2.75) is 33.2 Å². The summed E-state index contributed by atoms with van der Waals surface area (Å²) in [6.07, 6.45) is 1.21. The van der Waals surface area contributed by atoms with Crippen LogP contribution in [0, 0.1) is 9.49 Å². The monoisotopic (exact) mass is 332 g/mol. The van der Waals surface area contributed by atoms with E-state index in [1.165, 1.54) is 15.7 Å². The van der Waals surface area contributed by atoms with Crippen LogP contribution in [0.15, 0.2) is 18.2 Å². The molecule has 0 amide bonds. The minimum atomic E-state index is 0.553. The molecule has 1 aromatic carbocycles. The van der Waals surface area contributed by atoms with Crippen LogP contribution < -0.4 is 10.6 Å². The van der Waals surface area contributed by atoms with E-state index < -0.39 is 0 Å². The fourth-order valence-corrected chi connectivity index (χ4v) is 2.81. The topological polar surface area (TPSA) is 29.3 Å².